The molecule has 3 N–H and O–H groups in total. The molecule has 1 heterocycles. The van der Waals surface area contributed by atoms with E-state index in [0.717, 1.165) is 24.5 Å². The zero-order valence-electron chi connectivity index (χ0n) is 7.29. The minimum absolute atomic E-state index is 0.249. The second-order valence-electron chi connectivity index (χ2n) is 2.77. The Balaban J connectivity index is 2.17. The zero-order valence-corrected chi connectivity index (χ0v) is 8.10. The van der Waals surface area contributed by atoms with Gasteiger partial charge in [-0.3, -0.25) is 0 Å². The molecule has 0 aliphatic carbocycles. The maximum Gasteiger partial charge on any atom is 0.182 e. The molecule has 0 bridgehead atoms. The molecule has 1 rings (SSSR count). The van der Waals surface area contributed by atoms with E-state index in [1.807, 2.05) is 5.38 Å². The number of anilines is 1. The summed E-state index contributed by atoms with van der Waals surface area (Å²) in [4.78, 5) is 4.10. The third kappa shape index (κ3) is 3.19. The van der Waals surface area contributed by atoms with Gasteiger partial charge in [-0.15, -0.1) is 11.3 Å². The molecule has 0 aliphatic rings. The summed E-state index contributed by atoms with van der Waals surface area (Å²) in [6.45, 7) is 2.96. The molecule has 0 saturated heterocycles. The normalized spacial score (nSPS) is 12.8. The molecule has 0 aromatic carbocycles. The quantitative estimate of drug-likeness (QED) is 0.734. The van der Waals surface area contributed by atoms with E-state index in [0.29, 0.717) is 0 Å². The fourth-order valence-corrected chi connectivity index (χ4v) is 1.54. The zero-order chi connectivity index (χ0) is 8.81. The number of nitrogens with two attached hydrogens (primary N) is 1. The first-order chi connectivity index (χ1) is 5.83. The van der Waals surface area contributed by atoms with Gasteiger partial charge in [-0.1, -0.05) is 13.3 Å². The second-order valence-corrected chi connectivity index (χ2v) is 3.66. The second kappa shape index (κ2) is 5.11. The maximum absolute atomic E-state index is 5.82. The number of hydrogen-bond acceptors (Lipinski definition) is 4. The van der Waals surface area contributed by atoms with Crippen LogP contribution in [-0.2, 0) is 0 Å². The number of rotatable bonds is 5. The van der Waals surface area contributed by atoms with Gasteiger partial charge in [-0.25, -0.2) is 4.98 Å². The van der Waals surface area contributed by atoms with Crippen LogP contribution in [0.5, 0.6) is 0 Å². The average Bonchev–Trinajstić information content (AvgIpc) is 2.53. The van der Waals surface area contributed by atoms with Crippen LogP contribution in [0.2, 0.25) is 0 Å². The molecule has 0 saturated carbocycles. The van der Waals surface area contributed by atoms with Crippen molar-refractivity contribution in [2.45, 2.75) is 25.8 Å². The Hall–Kier alpha value is -0.610. The van der Waals surface area contributed by atoms with Crippen molar-refractivity contribution in [1.82, 2.24) is 4.98 Å². The van der Waals surface area contributed by atoms with Gasteiger partial charge in [-0.2, -0.15) is 0 Å². The van der Waals surface area contributed by atoms with Crippen LogP contribution in [0.25, 0.3) is 0 Å². The first kappa shape index (κ1) is 9.48. The van der Waals surface area contributed by atoms with E-state index in [4.69, 9.17) is 5.73 Å². The van der Waals surface area contributed by atoms with Crippen LogP contribution >= 0.6 is 11.3 Å². The smallest absolute Gasteiger partial charge is 0.182 e. The van der Waals surface area contributed by atoms with Gasteiger partial charge < -0.3 is 11.1 Å². The molecule has 0 spiro atoms. The summed E-state index contributed by atoms with van der Waals surface area (Å²) in [6.07, 6.45) is 4.00. The molecule has 0 fully saturated rings. The summed E-state index contributed by atoms with van der Waals surface area (Å²) < 4.78 is 0. The van der Waals surface area contributed by atoms with Crippen molar-refractivity contribution in [2.24, 2.45) is 5.73 Å². The third-order valence-electron chi connectivity index (χ3n) is 1.61. The van der Waals surface area contributed by atoms with Gasteiger partial charge in [0, 0.05) is 24.2 Å². The Morgan fingerprint density at radius 3 is 3.17 bits per heavy atom. The maximum atomic E-state index is 5.82. The van der Waals surface area contributed by atoms with Gasteiger partial charge in [0.25, 0.3) is 0 Å². The van der Waals surface area contributed by atoms with Crippen molar-refractivity contribution < 1.29 is 0 Å². The van der Waals surface area contributed by atoms with E-state index in [1.54, 1.807) is 17.5 Å². The summed E-state index contributed by atoms with van der Waals surface area (Å²) in [6, 6.07) is 0.249. The van der Waals surface area contributed by atoms with E-state index in [2.05, 4.69) is 17.2 Å². The Morgan fingerprint density at radius 2 is 2.58 bits per heavy atom. The van der Waals surface area contributed by atoms with Crippen LogP contribution in [0.4, 0.5) is 5.13 Å². The molecule has 3 nitrogen and oxygen atoms in total. The van der Waals surface area contributed by atoms with Crippen molar-refractivity contribution >= 4 is 16.5 Å². The lowest BCUT2D eigenvalue weighted by Gasteiger charge is -2.09. The molecule has 12 heavy (non-hydrogen) atoms. The number of thiazole rings is 1. The van der Waals surface area contributed by atoms with Crippen molar-refractivity contribution in [3.05, 3.63) is 11.6 Å². The van der Waals surface area contributed by atoms with Gasteiger partial charge in [0.05, 0.1) is 0 Å². The largest absolute Gasteiger partial charge is 0.360 e. The Kier molecular flexibility index (Phi) is 4.04. The predicted octanol–water partition coefficient (Wildman–Crippen LogP) is 1.68. The van der Waals surface area contributed by atoms with Gasteiger partial charge in [0.15, 0.2) is 5.13 Å². The minimum atomic E-state index is 0.249. The third-order valence-corrected chi connectivity index (χ3v) is 2.34. The van der Waals surface area contributed by atoms with Crippen LogP contribution < -0.4 is 11.1 Å². The molecule has 0 aliphatic heterocycles. The summed E-state index contributed by atoms with van der Waals surface area (Å²) >= 11 is 1.61. The highest BCUT2D eigenvalue weighted by atomic mass is 32.1. The standard InChI is InChI=1S/C8H15N3S/c1-2-3-7(9)6-11-8-10-4-5-12-8/h4-5,7H,2-3,6,9H2,1H3,(H,10,11). The Labute approximate surface area is 77.0 Å². The predicted molar refractivity (Wildman–Crippen MR) is 53.5 cm³/mol. The van der Waals surface area contributed by atoms with Gasteiger partial charge in [0.2, 0.25) is 0 Å². The number of hydrogen-bond donors (Lipinski definition) is 2. The van der Waals surface area contributed by atoms with E-state index in [-0.39, 0.29) is 6.04 Å². The highest BCUT2D eigenvalue weighted by Gasteiger charge is 2.00. The lowest BCUT2D eigenvalue weighted by molar-refractivity contribution is 0.627. The van der Waals surface area contributed by atoms with Crippen LogP contribution in [0.1, 0.15) is 19.8 Å². The molecule has 4 heteroatoms. The molecule has 1 aromatic rings. The summed E-state index contributed by atoms with van der Waals surface area (Å²) in [5.74, 6) is 0. The molecule has 1 unspecified atom stereocenters. The summed E-state index contributed by atoms with van der Waals surface area (Å²) in [5.41, 5.74) is 5.82. The molecule has 1 atom stereocenters. The van der Waals surface area contributed by atoms with Gasteiger partial charge in [-0.05, 0) is 6.42 Å². The molecular formula is C8H15N3S. The number of aromatic nitrogens is 1. The van der Waals surface area contributed by atoms with Crippen LogP contribution in [0, 0.1) is 0 Å². The van der Waals surface area contributed by atoms with E-state index < -0.39 is 0 Å². The topological polar surface area (TPSA) is 50.9 Å². The van der Waals surface area contributed by atoms with Crippen molar-refractivity contribution in [2.75, 3.05) is 11.9 Å². The monoisotopic (exact) mass is 185 g/mol. The van der Waals surface area contributed by atoms with Gasteiger partial charge in [0.1, 0.15) is 0 Å². The Morgan fingerprint density at radius 1 is 1.75 bits per heavy atom. The van der Waals surface area contributed by atoms with Gasteiger partial charge >= 0.3 is 0 Å². The number of nitrogens with zero attached hydrogens (tertiary/aromatic N) is 1. The molecule has 68 valence electrons. The van der Waals surface area contributed by atoms with Crippen molar-refractivity contribution in [3.8, 4) is 0 Å². The van der Waals surface area contributed by atoms with Crippen molar-refractivity contribution in [3.63, 3.8) is 0 Å². The first-order valence-corrected chi connectivity index (χ1v) is 5.10. The van der Waals surface area contributed by atoms with E-state index in [9.17, 15) is 0 Å². The van der Waals surface area contributed by atoms with E-state index in [1.165, 1.54) is 0 Å². The molecule has 1 aromatic heterocycles. The minimum Gasteiger partial charge on any atom is -0.360 e. The van der Waals surface area contributed by atoms with Crippen molar-refractivity contribution in [1.29, 1.82) is 0 Å². The summed E-state index contributed by atoms with van der Waals surface area (Å²) in [7, 11) is 0. The van der Waals surface area contributed by atoms with Crippen LogP contribution in [0.15, 0.2) is 11.6 Å². The lowest BCUT2D eigenvalue weighted by Crippen LogP contribution is -2.28. The highest BCUT2D eigenvalue weighted by molar-refractivity contribution is 7.13. The average molecular weight is 185 g/mol. The first-order valence-electron chi connectivity index (χ1n) is 4.22. The van der Waals surface area contributed by atoms with E-state index >= 15 is 0 Å². The Bertz CT molecular complexity index is 198. The highest BCUT2D eigenvalue weighted by Crippen LogP contribution is 2.09. The fourth-order valence-electron chi connectivity index (χ4n) is 1.00. The SMILES string of the molecule is CCCC(N)CNc1nccs1. The molecular weight excluding hydrogens is 170 g/mol. The van der Waals surface area contributed by atoms with Crippen LogP contribution in [-0.4, -0.2) is 17.6 Å². The van der Waals surface area contributed by atoms with Crippen LogP contribution in [0.3, 0.4) is 0 Å². The number of nitrogens with one attached hydrogen (secondary N) is 1. The fraction of sp³-hybridized carbons (Fsp3) is 0.625. The summed E-state index contributed by atoms with van der Waals surface area (Å²) in [5, 5.41) is 6.10. The molecule has 0 radical (unpaired) electrons. The lowest BCUT2D eigenvalue weighted by atomic mass is 10.2. The molecule has 0 amide bonds.